The second-order valence-electron chi connectivity index (χ2n) is 3.43. The van der Waals surface area contributed by atoms with E-state index in [-0.39, 0.29) is 5.91 Å². The van der Waals surface area contributed by atoms with Crippen LogP contribution >= 0.6 is 23.1 Å². The lowest BCUT2D eigenvalue weighted by Gasteiger charge is -2.10. The van der Waals surface area contributed by atoms with Gasteiger partial charge in [0.15, 0.2) is 4.34 Å². The molecule has 94 valence electrons. The average Bonchev–Trinajstić information content (AvgIpc) is 2.84. The van der Waals surface area contributed by atoms with Crippen molar-refractivity contribution in [3.05, 3.63) is 35.9 Å². The number of anilines is 1. The number of rotatable bonds is 5. The van der Waals surface area contributed by atoms with Gasteiger partial charge < -0.3 is 11.1 Å². The molecule has 1 unspecified atom stereocenters. The van der Waals surface area contributed by atoms with Gasteiger partial charge in [-0.15, -0.1) is 10.2 Å². The maximum absolute atomic E-state index is 11.5. The van der Waals surface area contributed by atoms with Crippen molar-refractivity contribution >= 4 is 34.1 Å². The molecule has 1 heterocycles. The molecule has 0 spiro atoms. The van der Waals surface area contributed by atoms with E-state index >= 15 is 0 Å². The topological polar surface area (TPSA) is 80.9 Å². The fraction of sp³-hybridized carbons (Fsp3) is 0.182. The number of aromatic nitrogens is 2. The molecule has 0 aliphatic heterocycles. The molecule has 2 rings (SSSR count). The van der Waals surface area contributed by atoms with Crippen LogP contribution < -0.4 is 11.1 Å². The molecule has 1 atom stereocenters. The van der Waals surface area contributed by atoms with Crippen LogP contribution in [0.3, 0.4) is 0 Å². The predicted octanol–water partition coefficient (Wildman–Crippen LogP) is 1.90. The van der Waals surface area contributed by atoms with Crippen LogP contribution in [0, 0.1) is 0 Å². The summed E-state index contributed by atoms with van der Waals surface area (Å²) in [6, 6.07) is 9.41. The smallest absolute Gasteiger partial charge is 0.235 e. The van der Waals surface area contributed by atoms with Crippen LogP contribution in [0.1, 0.15) is 10.8 Å². The number of hydrogen-bond donors (Lipinski definition) is 2. The molecular weight excluding hydrogens is 268 g/mol. The fourth-order valence-electron chi connectivity index (χ4n) is 1.38. The molecule has 7 heteroatoms. The summed E-state index contributed by atoms with van der Waals surface area (Å²) in [6.07, 6.45) is 0. The van der Waals surface area contributed by atoms with Crippen LogP contribution in [-0.2, 0) is 4.79 Å². The molecule has 1 amide bonds. The number of amides is 1. The van der Waals surface area contributed by atoms with E-state index in [1.165, 1.54) is 23.1 Å². The number of nitrogens with two attached hydrogens (primary N) is 1. The van der Waals surface area contributed by atoms with E-state index in [4.69, 9.17) is 5.73 Å². The van der Waals surface area contributed by atoms with Crippen molar-refractivity contribution in [2.45, 2.75) is 9.59 Å². The van der Waals surface area contributed by atoms with Gasteiger partial charge in [-0.05, 0) is 5.56 Å². The summed E-state index contributed by atoms with van der Waals surface area (Å²) < 4.78 is 0.715. The molecule has 0 aliphatic rings. The third-order valence-corrected chi connectivity index (χ3v) is 4.50. The summed E-state index contributed by atoms with van der Waals surface area (Å²) >= 11 is 2.71. The zero-order valence-corrected chi connectivity index (χ0v) is 11.3. The fourth-order valence-corrected chi connectivity index (χ4v) is 3.23. The van der Waals surface area contributed by atoms with E-state index in [9.17, 15) is 4.79 Å². The molecule has 3 N–H and O–H groups in total. The molecule has 1 aromatic heterocycles. The lowest BCUT2D eigenvalue weighted by molar-refractivity contribution is -0.117. The number of nitrogens with one attached hydrogen (secondary N) is 1. The van der Waals surface area contributed by atoms with Crippen molar-refractivity contribution < 1.29 is 4.79 Å². The largest absolute Gasteiger partial charge is 0.368 e. The normalized spacial score (nSPS) is 12.1. The molecule has 5 nitrogen and oxygen atoms in total. The Morgan fingerprint density at radius 2 is 2.11 bits per heavy atom. The molecule has 2 aromatic rings. The Labute approximate surface area is 113 Å². The first-order valence-electron chi connectivity index (χ1n) is 5.23. The van der Waals surface area contributed by atoms with Crippen molar-refractivity contribution in [2.24, 2.45) is 5.73 Å². The summed E-state index contributed by atoms with van der Waals surface area (Å²) in [5.41, 5.74) is 6.31. The highest BCUT2D eigenvalue weighted by Gasteiger charge is 2.21. The van der Waals surface area contributed by atoms with Gasteiger partial charge in [0.05, 0.1) is 0 Å². The number of carbonyl (C=O) groups is 1. The highest BCUT2D eigenvalue weighted by Crippen LogP contribution is 2.37. The minimum Gasteiger partial charge on any atom is -0.368 e. The lowest BCUT2D eigenvalue weighted by atomic mass is 10.1. The summed E-state index contributed by atoms with van der Waals surface area (Å²) in [7, 11) is 1.78. The van der Waals surface area contributed by atoms with Crippen LogP contribution in [0.25, 0.3) is 0 Å². The molecule has 0 fully saturated rings. The molecule has 0 saturated heterocycles. The first-order chi connectivity index (χ1) is 8.70. The second kappa shape index (κ2) is 5.83. The number of primary amides is 1. The maximum Gasteiger partial charge on any atom is 0.235 e. The highest BCUT2D eigenvalue weighted by molar-refractivity contribution is 8.01. The zero-order chi connectivity index (χ0) is 13.0. The monoisotopic (exact) mass is 280 g/mol. The number of carbonyl (C=O) groups excluding carboxylic acids is 1. The number of nitrogens with zero attached hydrogens (tertiary/aromatic N) is 2. The number of thioether (sulfide) groups is 1. The van der Waals surface area contributed by atoms with Crippen molar-refractivity contribution in [3.63, 3.8) is 0 Å². The van der Waals surface area contributed by atoms with Gasteiger partial charge in [-0.25, -0.2) is 0 Å². The Morgan fingerprint density at radius 1 is 1.39 bits per heavy atom. The Kier molecular flexibility index (Phi) is 4.16. The van der Waals surface area contributed by atoms with Gasteiger partial charge in [-0.3, -0.25) is 4.79 Å². The van der Waals surface area contributed by atoms with Gasteiger partial charge >= 0.3 is 0 Å². The standard InChI is InChI=1S/C11H12N4OS2/c1-13-10-14-15-11(18-10)17-8(9(12)16)7-5-3-2-4-6-7/h2-6,8H,1H3,(H2,12,16)(H,13,14). The van der Waals surface area contributed by atoms with E-state index in [1.807, 2.05) is 30.3 Å². The first-order valence-corrected chi connectivity index (χ1v) is 6.92. The van der Waals surface area contributed by atoms with E-state index in [0.29, 0.717) is 9.47 Å². The van der Waals surface area contributed by atoms with Crippen molar-refractivity contribution in [1.29, 1.82) is 0 Å². The van der Waals surface area contributed by atoms with E-state index in [1.54, 1.807) is 7.05 Å². The van der Waals surface area contributed by atoms with Crippen LogP contribution in [0.2, 0.25) is 0 Å². The third kappa shape index (κ3) is 2.99. The molecular formula is C11H12N4OS2. The van der Waals surface area contributed by atoms with Crippen LogP contribution in [-0.4, -0.2) is 23.2 Å². The summed E-state index contributed by atoms with van der Waals surface area (Å²) in [4.78, 5) is 11.5. The van der Waals surface area contributed by atoms with Crippen molar-refractivity contribution in [1.82, 2.24) is 10.2 Å². The molecule has 0 aliphatic carbocycles. The van der Waals surface area contributed by atoms with Crippen LogP contribution in [0.4, 0.5) is 5.13 Å². The van der Waals surface area contributed by atoms with Crippen molar-refractivity contribution in [3.8, 4) is 0 Å². The number of hydrogen-bond acceptors (Lipinski definition) is 6. The maximum atomic E-state index is 11.5. The quantitative estimate of drug-likeness (QED) is 0.818. The number of benzene rings is 1. The van der Waals surface area contributed by atoms with Gasteiger partial charge in [0.1, 0.15) is 5.25 Å². The average molecular weight is 280 g/mol. The molecule has 0 saturated carbocycles. The SMILES string of the molecule is CNc1nnc(SC(C(N)=O)c2ccccc2)s1. The van der Waals surface area contributed by atoms with Gasteiger partial charge in [0, 0.05) is 7.05 Å². The van der Waals surface area contributed by atoms with E-state index in [2.05, 4.69) is 15.5 Å². The Balaban J connectivity index is 2.19. The Morgan fingerprint density at radius 3 is 2.67 bits per heavy atom. The third-order valence-electron chi connectivity index (χ3n) is 2.20. The molecule has 0 bridgehead atoms. The minimum absolute atomic E-state index is 0.382. The molecule has 18 heavy (non-hydrogen) atoms. The van der Waals surface area contributed by atoms with Gasteiger partial charge in [0.2, 0.25) is 11.0 Å². The Bertz CT molecular complexity index is 529. The summed E-state index contributed by atoms with van der Waals surface area (Å²) in [6.45, 7) is 0. The van der Waals surface area contributed by atoms with Gasteiger partial charge in [-0.2, -0.15) is 0 Å². The van der Waals surface area contributed by atoms with Crippen molar-refractivity contribution in [2.75, 3.05) is 12.4 Å². The molecule has 0 radical (unpaired) electrons. The van der Waals surface area contributed by atoms with Crippen LogP contribution in [0.15, 0.2) is 34.7 Å². The predicted molar refractivity (Wildman–Crippen MR) is 73.7 cm³/mol. The second-order valence-corrected chi connectivity index (χ2v) is 5.76. The first kappa shape index (κ1) is 12.8. The Hall–Kier alpha value is -1.60. The van der Waals surface area contributed by atoms with E-state index in [0.717, 1.165) is 5.56 Å². The van der Waals surface area contributed by atoms with E-state index < -0.39 is 5.25 Å². The van der Waals surface area contributed by atoms with Crippen LogP contribution in [0.5, 0.6) is 0 Å². The highest BCUT2D eigenvalue weighted by atomic mass is 32.2. The summed E-state index contributed by atoms with van der Waals surface area (Å²) in [5, 5.41) is 11.1. The molecule has 1 aromatic carbocycles. The summed E-state index contributed by atoms with van der Waals surface area (Å²) in [5.74, 6) is -0.382. The lowest BCUT2D eigenvalue weighted by Crippen LogP contribution is -2.18. The zero-order valence-electron chi connectivity index (χ0n) is 9.66. The minimum atomic E-state index is -0.441. The van der Waals surface area contributed by atoms with Gasteiger partial charge in [-0.1, -0.05) is 53.4 Å². The van der Waals surface area contributed by atoms with Gasteiger partial charge in [0.25, 0.3) is 0 Å².